The van der Waals surface area contributed by atoms with Gasteiger partial charge in [0.1, 0.15) is 11.5 Å². The summed E-state index contributed by atoms with van der Waals surface area (Å²) in [5.41, 5.74) is 12.1. The number of rotatable bonds is 1. The topological polar surface area (TPSA) is 9.23 Å². The first-order valence-electron chi connectivity index (χ1n) is 12.7. The van der Waals surface area contributed by atoms with Crippen LogP contribution in [0.4, 0.5) is 0 Å². The maximum absolute atomic E-state index is 6.97. The zero-order valence-electron chi connectivity index (χ0n) is 19.7. The highest BCUT2D eigenvalue weighted by atomic mass is 35.5. The van der Waals surface area contributed by atoms with Gasteiger partial charge in [-0.1, -0.05) is 96.5 Å². The van der Waals surface area contributed by atoms with Crippen LogP contribution < -0.4 is 4.74 Å². The Hall–Kier alpha value is -3.81. The Morgan fingerprint density at radius 2 is 1.25 bits per heavy atom. The monoisotopic (exact) mass is 482 g/mol. The van der Waals surface area contributed by atoms with Crippen molar-refractivity contribution in [2.24, 2.45) is 0 Å². The molecular formula is C34H23ClO. The first kappa shape index (κ1) is 20.4. The molecule has 1 heterocycles. The molecule has 2 aliphatic carbocycles. The van der Waals surface area contributed by atoms with Crippen molar-refractivity contribution in [3.63, 3.8) is 0 Å². The molecule has 0 amide bonds. The average Bonchev–Trinajstić information content (AvgIpc) is 3.51. The van der Waals surface area contributed by atoms with E-state index in [1.807, 2.05) is 0 Å². The summed E-state index contributed by atoms with van der Waals surface area (Å²) in [6.07, 6.45) is 3.43. The summed E-state index contributed by atoms with van der Waals surface area (Å²) in [6.45, 7) is 0. The molecule has 0 unspecified atom stereocenters. The minimum Gasteiger partial charge on any atom is -0.456 e. The molecule has 0 bridgehead atoms. The van der Waals surface area contributed by atoms with Gasteiger partial charge in [0, 0.05) is 21.7 Å². The van der Waals surface area contributed by atoms with E-state index >= 15 is 0 Å². The van der Waals surface area contributed by atoms with Crippen LogP contribution >= 0.6 is 11.6 Å². The molecule has 2 heteroatoms. The molecule has 8 rings (SSSR count). The standard InChI is InChI=1S/C34H23ClO/c35-22-19-27(24-14-8-10-21-9-7-13-23(21)24)33-31(20-22)34(30-17-5-6-18-32(30)36-33)28-15-3-1-11-25(28)26-12-2-4-16-29(26)34/h1-6,8,10-12,14-20H,7,9,13H2. The van der Waals surface area contributed by atoms with Crippen molar-refractivity contribution in [3.8, 4) is 33.8 Å². The van der Waals surface area contributed by atoms with Crippen LogP contribution in [-0.2, 0) is 18.3 Å². The van der Waals surface area contributed by atoms with Crippen LogP contribution in [0.2, 0.25) is 5.02 Å². The van der Waals surface area contributed by atoms with E-state index in [-0.39, 0.29) is 0 Å². The lowest BCUT2D eigenvalue weighted by atomic mass is 9.65. The summed E-state index contributed by atoms with van der Waals surface area (Å²) >= 11 is 6.97. The van der Waals surface area contributed by atoms with Crippen molar-refractivity contribution in [2.45, 2.75) is 24.7 Å². The fourth-order valence-corrected chi connectivity index (χ4v) is 7.21. The van der Waals surface area contributed by atoms with E-state index in [1.165, 1.54) is 50.9 Å². The Morgan fingerprint density at radius 3 is 2.03 bits per heavy atom. The third-order valence-electron chi connectivity index (χ3n) is 8.35. The Bertz CT molecular complexity index is 1670. The smallest absolute Gasteiger partial charge is 0.140 e. The molecule has 5 aromatic rings. The summed E-state index contributed by atoms with van der Waals surface area (Å²) in [5.74, 6) is 1.83. The van der Waals surface area contributed by atoms with Gasteiger partial charge in [-0.2, -0.15) is 0 Å². The van der Waals surface area contributed by atoms with E-state index in [1.54, 1.807) is 0 Å². The van der Waals surface area contributed by atoms with Crippen LogP contribution in [-0.4, -0.2) is 0 Å². The molecule has 1 nitrogen and oxygen atoms in total. The predicted octanol–water partition coefficient (Wildman–Crippen LogP) is 8.96. The normalized spacial score (nSPS) is 15.5. The Labute approximate surface area is 216 Å². The van der Waals surface area contributed by atoms with Gasteiger partial charge in [0.2, 0.25) is 0 Å². The van der Waals surface area contributed by atoms with Gasteiger partial charge in [0.25, 0.3) is 0 Å². The van der Waals surface area contributed by atoms with Gasteiger partial charge in [-0.3, -0.25) is 0 Å². The Morgan fingerprint density at radius 1 is 0.583 bits per heavy atom. The van der Waals surface area contributed by atoms with E-state index < -0.39 is 5.41 Å². The summed E-state index contributed by atoms with van der Waals surface area (Å²) in [7, 11) is 0. The molecule has 1 spiro atoms. The summed E-state index contributed by atoms with van der Waals surface area (Å²) in [6, 6.07) is 37.1. The number of benzene rings is 5. The average molecular weight is 483 g/mol. The Balaban J connectivity index is 1.54. The number of aryl methyl sites for hydroxylation is 1. The molecule has 5 aromatic carbocycles. The summed E-state index contributed by atoms with van der Waals surface area (Å²) < 4.78 is 6.84. The van der Waals surface area contributed by atoms with Crippen molar-refractivity contribution in [1.29, 1.82) is 0 Å². The van der Waals surface area contributed by atoms with Crippen LogP contribution in [0.3, 0.4) is 0 Å². The van der Waals surface area contributed by atoms with Gasteiger partial charge in [-0.25, -0.2) is 0 Å². The lowest BCUT2D eigenvalue weighted by Crippen LogP contribution is -2.32. The first-order chi connectivity index (χ1) is 17.8. The van der Waals surface area contributed by atoms with Crippen LogP contribution in [0.25, 0.3) is 22.3 Å². The minimum atomic E-state index is -0.491. The van der Waals surface area contributed by atoms with Crippen molar-refractivity contribution < 1.29 is 4.74 Å². The number of ether oxygens (including phenoxy) is 1. The zero-order chi connectivity index (χ0) is 23.9. The lowest BCUT2D eigenvalue weighted by molar-refractivity contribution is 0.438. The number of hydrogen-bond acceptors (Lipinski definition) is 1. The highest BCUT2D eigenvalue weighted by Crippen LogP contribution is 2.63. The van der Waals surface area contributed by atoms with Gasteiger partial charge >= 0.3 is 0 Å². The summed E-state index contributed by atoms with van der Waals surface area (Å²) in [4.78, 5) is 0. The second-order valence-corrected chi connectivity index (χ2v) is 10.5. The molecule has 0 saturated heterocycles. The molecule has 0 atom stereocenters. The molecule has 172 valence electrons. The molecule has 0 saturated carbocycles. The molecule has 0 N–H and O–H groups in total. The maximum atomic E-state index is 6.97. The molecule has 0 radical (unpaired) electrons. The van der Waals surface area contributed by atoms with Gasteiger partial charge in [0.05, 0.1) is 5.41 Å². The third kappa shape index (κ3) is 2.51. The third-order valence-corrected chi connectivity index (χ3v) is 8.57. The van der Waals surface area contributed by atoms with Gasteiger partial charge in [-0.05, 0) is 76.4 Å². The minimum absolute atomic E-state index is 0.491. The zero-order valence-corrected chi connectivity index (χ0v) is 20.5. The number of halogens is 1. The molecular weight excluding hydrogens is 460 g/mol. The quantitative estimate of drug-likeness (QED) is 0.227. The van der Waals surface area contributed by atoms with E-state index in [0.717, 1.165) is 40.5 Å². The van der Waals surface area contributed by atoms with Crippen LogP contribution in [0, 0.1) is 0 Å². The van der Waals surface area contributed by atoms with Crippen molar-refractivity contribution in [2.75, 3.05) is 0 Å². The van der Waals surface area contributed by atoms with Crippen molar-refractivity contribution >= 4 is 11.6 Å². The molecule has 1 aliphatic heterocycles. The fraction of sp³-hybridized carbons (Fsp3) is 0.118. The van der Waals surface area contributed by atoms with Crippen LogP contribution in [0.15, 0.2) is 103 Å². The van der Waals surface area contributed by atoms with E-state index in [0.29, 0.717) is 0 Å². The first-order valence-corrected chi connectivity index (χ1v) is 13.1. The molecule has 36 heavy (non-hydrogen) atoms. The van der Waals surface area contributed by atoms with E-state index in [2.05, 4.69) is 103 Å². The lowest BCUT2D eigenvalue weighted by Gasteiger charge is -2.40. The van der Waals surface area contributed by atoms with Gasteiger partial charge < -0.3 is 4.74 Å². The van der Waals surface area contributed by atoms with Crippen molar-refractivity contribution in [1.82, 2.24) is 0 Å². The van der Waals surface area contributed by atoms with Crippen LogP contribution in [0.5, 0.6) is 11.5 Å². The fourth-order valence-electron chi connectivity index (χ4n) is 6.99. The maximum Gasteiger partial charge on any atom is 0.140 e. The highest BCUT2D eigenvalue weighted by molar-refractivity contribution is 6.31. The van der Waals surface area contributed by atoms with E-state index in [9.17, 15) is 0 Å². The van der Waals surface area contributed by atoms with Crippen LogP contribution in [0.1, 0.15) is 39.8 Å². The molecule has 0 fully saturated rings. The van der Waals surface area contributed by atoms with E-state index in [4.69, 9.17) is 16.3 Å². The number of para-hydroxylation sites is 1. The SMILES string of the molecule is Clc1cc(-c2cccc3c2CCC3)c2c(c1)C1(c3ccccc3O2)c2ccccc2-c2ccccc21. The number of hydrogen-bond donors (Lipinski definition) is 0. The number of fused-ring (bicyclic) bond motifs is 10. The van der Waals surface area contributed by atoms with Gasteiger partial charge in [0.15, 0.2) is 0 Å². The van der Waals surface area contributed by atoms with Gasteiger partial charge in [-0.15, -0.1) is 0 Å². The highest BCUT2D eigenvalue weighted by Gasteiger charge is 2.51. The Kier molecular flexibility index (Phi) is 4.16. The second-order valence-electron chi connectivity index (χ2n) is 10.1. The summed E-state index contributed by atoms with van der Waals surface area (Å²) in [5, 5.41) is 0.739. The largest absolute Gasteiger partial charge is 0.456 e. The molecule has 3 aliphatic rings. The molecule has 0 aromatic heterocycles. The predicted molar refractivity (Wildman–Crippen MR) is 146 cm³/mol. The second kappa shape index (κ2) is 7.35. The van der Waals surface area contributed by atoms with Crippen molar-refractivity contribution in [3.05, 3.63) is 142 Å².